The molecule has 4 heteroatoms. The van der Waals surface area contributed by atoms with Crippen LogP contribution in [-0.2, 0) is 0 Å². The third kappa shape index (κ3) is 4.99. The first-order chi connectivity index (χ1) is 11.9. The fourth-order valence-electron chi connectivity index (χ4n) is 4.46. The highest BCUT2D eigenvalue weighted by molar-refractivity contribution is 5.37. The van der Waals surface area contributed by atoms with Crippen LogP contribution in [0.4, 0.5) is 13.2 Å². The summed E-state index contributed by atoms with van der Waals surface area (Å²) in [7, 11) is 0. The van der Waals surface area contributed by atoms with Gasteiger partial charge in [0.15, 0.2) is 0 Å². The number of halogens is 3. The summed E-state index contributed by atoms with van der Waals surface area (Å²) in [5, 5.41) is 0. The summed E-state index contributed by atoms with van der Waals surface area (Å²) in [5.74, 6) is 0.295. The summed E-state index contributed by atoms with van der Waals surface area (Å²) in [6.45, 7) is 3.25. The first kappa shape index (κ1) is 18.8. The lowest BCUT2D eigenvalue weighted by Gasteiger charge is -2.28. The van der Waals surface area contributed by atoms with Crippen LogP contribution in [0, 0.1) is 5.92 Å². The summed E-state index contributed by atoms with van der Waals surface area (Å²) < 4.78 is 39.2. The molecule has 0 radical (unpaired) electrons. The van der Waals surface area contributed by atoms with Crippen LogP contribution in [0.25, 0.3) is 0 Å². The molecular formula is C21H30F3N. The van der Waals surface area contributed by atoms with Gasteiger partial charge in [0.05, 0.1) is 0 Å². The lowest BCUT2D eigenvalue weighted by Crippen LogP contribution is -2.43. The van der Waals surface area contributed by atoms with Gasteiger partial charge in [-0.05, 0) is 75.8 Å². The van der Waals surface area contributed by atoms with Crippen molar-refractivity contribution in [2.45, 2.75) is 76.9 Å². The summed E-state index contributed by atoms with van der Waals surface area (Å²) >= 11 is 0. The normalized spacial score (nSPS) is 26.4. The van der Waals surface area contributed by atoms with E-state index < -0.39 is 12.2 Å². The van der Waals surface area contributed by atoms with Crippen molar-refractivity contribution in [1.82, 2.24) is 4.90 Å². The van der Waals surface area contributed by atoms with Crippen molar-refractivity contribution >= 4 is 0 Å². The van der Waals surface area contributed by atoms with E-state index in [2.05, 4.69) is 25.2 Å². The largest absolute Gasteiger partial charge is 0.404 e. The average molecular weight is 353 g/mol. The summed E-state index contributed by atoms with van der Waals surface area (Å²) in [4.78, 5) is 1.66. The number of rotatable bonds is 5. The maximum Gasteiger partial charge on any atom is 0.404 e. The number of nitrogens with zero attached hydrogens (tertiary/aromatic N) is 1. The van der Waals surface area contributed by atoms with E-state index in [4.69, 9.17) is 0 Å². The molecule has 1 heterocycles. The average Bonchev–Trinajstić information content (AvgIpc) is 2.93. The first-order valence-electron chi connectivity index (χ1n) is 9.82. The van der Waals surface area contributed by atoms with Crippen LogP contribution in [0.3, 0.4) is 0 Å². The van der Waals surface area contributed by atoms with E-state index in [1.165, 1.54) is 36.8 Å². The molecule has 3 rings (SSSR count). The predicted molar refractivity (Wildman–Crippen MR) is 96.4 cm³/mol. The van der Waals surface area contributed by atoms with Crippen LogP contribution in [0.1, 0.15) is 64.7 Å². The Balaban J connectivity index is 1.48. The van der Waals surface area contributed by atoms with Gasteiger partial charge in [0.1, 0.15) is 6.04 Å². The minimum absolute atomic E-state index is 0.265. The molecule has 0 bridgehead atoms. The third-order valence-electron chi connectivity index (χ3n) is 5.95. The van der Waals surface area contributed by atoms with E-state index in [1.54, 1.807) is 10.5 Å². The van der Waals surface area contributed by atoms with Gasteiger partial charge in [-0.15, -0.1) is 0 Å². The standard InChI is InChI=1S/C21H30F3N/c1-16(15-25-14-4-7-20(25)21(22,23)24)8-9-17-10-12-18-5-2-3-6-19(18)13-11-17/h10-12,16,20H,2-9,13-15H2,1H3. The molecule has 0 amide bonds. The molecule has 0 aromatic heterocycles. The highest BCUT2D eigenvalue weighted by Crippen LogP contribution is 2.34. The van der Waals surface area contributed by atoms with E-state index in [0.717, 1.165) is 19.3 Å². The van der Waals surface area contributed by atoms with Crippen molar-refractivity contribution in [2.75, 3.05) is 13.1 Å². The Morgan fingerprint density at radius 2 is 1.96 bits per heavy atom. The summed E-state index contributed by atoms with van der Waals surface area (Å²) in [6.07, 6.45) is 11.8. The second-order valence-corrected chi connectivity index (χ2v) is 7.99. The van der Waals surface area contributed by atoms with E-state index in [0.29, 0.717) is 25.4 Å². The molecule has 0 aromatic rings. The van der Waals surface area contributed by atoms with Gasteiger partial charge >= 0.3 is 6.18 Å². The Morgan fingerprint density at radius 1 is 1.16 bits per heavy atom. The minimum atomic E-state index is -4.08. The maximum atomic E-state index is 13.1. The lowest BCUT2D eigenvalue weighted by molar-refractivity contribution is -0.176. The number of alkyl halides is 3. The first-order valence-corrected chi connectivity index (χ1v) is 9.82. The smallest absolute Gasteiger partial charge is 0.292 e. The molecule has 3 aliphatic rings. The fraction of sp³-hybridized carbons (Fsp3) is 0.714. The molecule has 1 saturated heterocycles. The second-order valence-electron chi connectivity index (χ2n) is 7.99. The monoisotopic (exact) mass is 353 g/mol. The quantitative estimate of drug-likeness (QED) is 0.570. The van der Waals surface area contributed by atoms with Crippen LogP contribution in [0.2, 0.25) is 0 Å². The number of likely N-dealkylation sites (tertiary alicyclic amines) is 1. The molecule has 2 atom stereocenters. The van der Waals surface area contributed by atoms with E-state index in [-0.39, 0.29) is 6.42 Å². The van der Waals surface area contributed by atoms with Gasteiger partial charge in [-0.1, -0.05) is 36.3 Å². The van der Waals surface area contributed by atoms with Gasteiger partial charge in [-0.25, -0.2) is 0 Å². The molecule has 0 aromatic carbocycles. The predicted octanol–water partition coefficient (Wildman–Crippen LogP) is 6.19. The van der Waals surface area contributed by atoms with E-state index in [1.807, 2.05) is 0 Å². The van der Waals surface area contributed by atoms with Gasteiger partial charge in [-0.3, -0.25) is 4.90 Å². The molecule has 0 spiro atoms. The van der Waals surface area contributed by atoms with Crippen LogP contribution in [-0.4, -0.2) is 30.2 Å². The molecular weight excluding hydrogens is 323 g/mol. The Morgan fingerprint density at radius 3 is 2.76 bits per heavy atom. The molecule has 1 fully saturated rings. The highest BCUT2D eigenvalue weighted by Gasteiger charge is 2.45. The van der Waals surface area contributed by atoms with Crippen molar-refractivity contribution in [1.29, 1.82) is 0 Å². The van der Waals surface area contributed by atoms with Crippen molar-refractivity contribution in [3.05, 3.63) is 34.9 Å². The van der Waals surface area contributed by atoms with Gasteiger partial charge in [-0.2, -0.15) is 13.2 Å². The van der Waals surface area contributed by atoms with Crippen LogP contribution in [0.15, 0.2) is 34.9 Å². The minimum Gasteiger partial charge on any atom is -0.292 e. The van der Waals surface area contributed by atoms with E-state index in [9.17, 15) is 13.2 Å². The van der Waals surface area contributed by atoms with E-state index >= 15 is 0 Å². The molecule has 1 nitrogen and oxygen atoms in total. The molecule has 140 valence electrons. The lowest BCUT2D eigenvalue weighted by atomic mass is 9.90. The van der Waals surface area contributed by atoms with Crippen LogP contribution in [0.5, 0.6) is 0 Å². The molecule has 2 unspecified atom stereocenters. The summed E-state index contributed by atoms with van der Waals surface area (Å²) in [5.41, 5.74) is 4.47. The van der Waals surface area contributed by atoms with Gasteiger partial charge < -0.3 is 0 Å². The number of allylic oxidation sites excluding steroid dienone is 6. The zero-order valence-electron chi connectivity index (χ0n) is 15.2. The maximum absolute atomic E-state index is 13.1. The summed E-state index contributed by atoms with van der Waals surface area (Å²) in [6, 6.07) is -1.22. The van der Waals surface area contributed by atoms with Crippen LogP contribution < -0.4 is 0 Å². The molecule has 0 N–H and O–H groups in total. The zero-order chi connectivity index (χ0) is 17.9. The molecule has 2 aliphatic carbocycles. The van der Waals surface area contributed by atoms with Crippen molar-refractivity contribution in [3.63, 3.8) is 0 Å². The van der Waals surface area contributed by atoms with Gasteiger partial charge in [0.2, 0.25) is 0 Å². The van der Waals surface area contributed by atoms with Gasteiger partial charge in [0, 0.05) is 6.54 Å². The Kier molecular flexibility index (Phi) is 6.08. The second kappa shape index (κ2) is 8.11. The number of hydrogen-bond acceptors (Lipinski definition) is 1. The molecule has 25 heavy (non-hydrogen) atoms. The van der Waals surface area contributed by atoms with Crippen molar-refractivity contribution < 1.29 is 13.2 Å². The topological polar surface area (TPSA) is 3.24 Å². The zero-order valence-corrected chi connectivity index (χ0v) is 15.2. The Hall–Kier alpha value is -1.03. The Bertz CT molecular complexity index is 556. The van der Waals surface area contributed by atoms with Crippen molar-refractivity contribution in [2.24, 2.45) is 5.92 Å². The fourth-order valence-corrected chi connectivity index (χ4v) is 4.46. The Labute approximate surface area is 149 Å². The molecule has 1 aliphatic heterocycles. The van der Waals surface area contributed by atoms with Crippen LogP contribution >= 0.6 is 0 Å². The van der Waals surface area contributed by atoms with Crippen molar-refractivity contribution in [3.8, 4) is 0 Å². The number of hydrogen-bond donors (Lipinski definition) is 0. The molecule has 0 saturated carbocycles. The SMILES string of the molecule is CC(CCC1=CCC2=C(C=C1)CCCC2)CN1CCCC1C(F)(F)F. The highest BCUT2D eigenvalue weighted by atomic mass is 19.4. The third-order valence-corrected chi connectivity index (χ3v) is 5.95. The van der Waals surface area contributed by atoms with Gasteiger partial charge in [0.25, 0.3) is 0 Å².